The Kier molecular flexibility index (Phi) is 5.84. The normalized spacial score (nSPS) is 22.5. The van der Waals surface area contributed by atoms with Gasteiger partial charge in [-0.2, -0.15) is 0 Å². The van der Waals surface area contributed by atoms with Gasteiger partial charge in [-0.25, -0.2) is 0 Å². The van der Waals surface area contributed by atoms with Crippen molar-refractivity contribution in [1.82, 2.24) is 24.6 Å². The fourth-order valence-electron chi connectivity index (χ4n) is 3.65. The molecule has 0 spiro atoms. The Morgan fingerprint density at radius 2 is 2.12 bits per heavy atom. The summed E-state index contributed by atoms with van der Waals surface area (Å²) in [5.74, 6) is 1.87. The summed E-state index contributed by atoms with van der Waals surface area (Å²) in [6, 6.07) is 0.295. The molecule has 2 aliphatic heterocycles. The van der Waals surface area contributed by atoms with E-state index in [-0.39, 0.29) is 5.91 Å². The second-order valence-electron chi connectivity index (χ2n) is 7.17. The SMILES string of the molecule is CC(C)Cn1cnnc1[C@@H]1CCCN1CCC(=O)N1CCOCC1. The Labute approximate surface area is 144 Å². The average Bonchev–Trinajstić information content (AvgIpc) is 3.21. The largest absolute Gasteiger partial charge is 0.378 e. The zero-order valence-corrected chi connectivity index (χ0v) is 14.9. The van der Waals surface area contributed by atoms with E-state index in [1.54, 1.807) is 0 Å². The molecule has 0 aliphatic carbocycles. The highest BCUT2D eigenvalue weighted by Gasteiger charge is 2.30. The molecule has 1 atom stereocenters. The number of likely N-dealkylation sites (tertiary alicyclic amines) is 1. The first-order chi connectivity index (χ1) is 11.6. The molecule has 1 aromatic rings. The molecule has 2 fully saturated rings. The smallest absolute Gasteiger partial charge is 0.224 e. The van der Waals surface area contributed by atoms with E-state index in [1.807, 2.05) is 11.2 Å². The third-order valence-corrected chi connectivity index (χ3v) is 4.85. The van der Waals surface area contributed by atoms with Crippen LogP contribution in [0.5, 0.6) is 0 Å². The third-order valence-electron chi connectivity index (χ3n) is 4.85. The molecule has 134 valence electrons. The van der Waals surface area contributed by atoms with Crippen LogP contribution < -0.4 is 0 Å². The van der Waals surface area contributed by atoms with Gasteiger partial charge in [0.15, 0.2) is 0 Å². The molecule has 0 bridgehead atoms. The van der Waals surface area contributed by atoms with Gasteiger partial charge in [-0.15, -0.1) is 10.2 Å². The van der Waals surface area contributed by atoms with E-state index in [0.717, 1.165) is 51.4 Å². The van der Waals surface area contributed by atoms with Crippen LogP contribution in [-0.4, -0.2) is 69.9 Å². The summed E-state index contributed by atoms with van der Waals surface area (Å²) < 4.78 is 7.49. The van der Waals surface area contributed by atoms with Crippen molar-refractivity contribution in [3.05, 3.63) is 12.2 Å². The number of ether oxygens (including phenoxy) is 1. The van der Waals surface area contributed by atoms with Crippen LogP contribution in [-0.2, 0) is 16.1 Å². The topological polar surface area (TPSA) is 63.5 Å². The third kappa shape index (κ3) is 4.13. The Morgan fingerprint density at radius 1 is 1.33 bits per heavy atom. The molecule has 0 saturated carbocycles. The summed E-state index contributed by atoms with van der Waals surface area (Å²) in [5, 5.41) is 8.50. The summed E-state index contributed by atoms with van der Waals surface area (Å²) in [4.78, 5) is 16.7. The number of rotatable bonds is 6. The molecule has 0 radical (unpaired) electrons. The number of aromatic nitrogens is 3. The Balaban J connectivity index is 1.57. The highest BCUT2D eigenvalue weighted by molar-refractivity contribution is 5.76. The summed E-state index contributed by atoms with van der Waals surface area (Å²) in [5.41, 5.74) is 0. The highest BCUT2D eigenvalue weighted by atomic mass is 16.5. The van der Waals surface area contributed by atoms with Crippen LogP contribution in [0.25, 0.3) is 0 Å². The molecular formula is C17H29N5O2. The standard InChI is InChI=1S/C17H29N5O2/c1-14(2)12-22-13-18-19-17(22)15-4-3-6-20(15)7-5-16(23)21-8-10-24-11-9-21/h13-15H,3-12H2,1-2H3/t15-/m0/s1. The first-order valence-electron chi connectivity index (χ1n) is 9.12. The molecule has 1 aromatic heterocycles. The maximum atomic E-state index is 12.4. The zero-order valence-electron chi connectivity index (χ0n) is 14.9. The number of hydrogen-bond donors (Lipinski definition) is 0. The lowest BCUT2D eigenvalue weighted by molar-refractivity contribution is -0.135. The van der Waals surface area contributed by atoms with Crippen molar-refractivity contribution in [2.24, 2.45) is 5.92 Å². The fourth-order valence-corrected chi connectivity index (χ4v) is 3.65. The van der Waals surface area contributed by atoms with Gasteiger partial charge < -0.3 is 14.2 Å². The van der Waals surface area contributed by atoms with Gasteiger partial charge in [0, 0.05) is 32.6 Å². The van der Waals surface area contributed by atoms with Crippen LogP contribution >= 0.6 is 0 Å². The molecule has 1 amide bonds. The molecule has 7 nitrogen and oxygen atoms in total. The molecule has 7 heteroatoms. The van der Waals surface area contributed by atoms with Crippen molar-refractivity contribution in [1.29, 1.82) is 0 Å². The predicted octanol–water partition coefficient (Wildman–Crippen LogP) is 1.32. The summed E-state index contributed by atoms with van der Waals surface area (Å²) in [7, 11) is 0. The zero-order chi connectivity index (χ0) is 16.9. The molecule has 0 N–H and O–H groups in total. The van der Waals surface area contributed by atoms with Gasteiger partial charge in [-0.05, 0) is 25.3 Å². The van der Waals surface area contributed by atoms with Crippen molar-refractivity contribution in [2.45, 2.75) is 45.7 Å². The lowest BCUT2D eigenvalue weighted by atomic mass is 10.1. The molecule has 2 aliphatic rings. The average molecular weight is 335 g/mol. The van der Waals surface area contributed by atoms with E-state index in [1.165, 1.54) is 0 Å². The van der Waals surface area contributed by atoms with Crippen molar-refractivity contribution in [3.8, 4) is 0 Å². The van der Waals surface area contributed by atoms with Crippen LogP contribution in [0, 0.1) is 5.92 Å². The lowest BCUT2D eigenvalue weighted by Gasteiger charge is -2.29. The minimum Gasteiger partial charge on any atom is -0.378 e. The Bertz CT molecular complexity index is 539. The van der Waals surface area contributed by atoms with E-state index in [9.17, 15) is 4.79 Å². The molecule has 3 heterocycles. The van der Waals surface area contributed by atoms with E-state index in [2.05, 4.69) is 33.5 Å². The van der Waals surface area contributed by atoms with Gasteiger partial charge in [-0.1, -0.05) is 13.8 Å². The number of carbonyl (C=O) groups is 1. The Hall–Kier alpha value is -1.47. The maximum absolute atomic E-state index is 12.4. The van der Waals surface area contributed by atoms with Gasteiger partial charge in [-0.3, -0.25) is 9.69 Å². The highest BCUT2D eigenvalue weighted by Crippen LogP contribution is 2.31. The molecule has 0 aromatic carbocycles. The van der Waals surface area contributed by atoms with Crippen LogP contribution in [0.2, 0.25) is 0 Å². The lowest BCUT2D eigenvalue weighted by Crippen LogP contribution is -2.42. The molecule has 3 rings (SSSR count). The van der Waals surface area contributed by atoms with Crippen LogP contribution in [0.15, 0.2) is 6.33 Å². The summed E-state index contributed by atoms with van der Waals surface area (Å²) in [6.45, 7) is 9.97. The van der Waals surface area contributed by atoms with E-state index < -0.39 is 0 Å². The van der Waals surface area contributed by atoms with E-state index in [0.29, 0.717) is 31.6 Å². The summed E-state index contributed by atoms with van der Waals surface area (Å²) in [6.07, 6.45) is 4.67. The van der Waals surface area contributed by atoms with E-state index in [4.69, 9.17) is 4.74 Å². The molecule has 24 heavy (non-hydrogen) atoms. The maximum Gasteiger partial charge on any atom is 0.224 e. The first-order valence-corrected chi connectivity index (χ1v) is 9.12. The van der Waals surface area contributed by atoms with Gasteiger partial charge in [0.05, 0.1) is 19.3 Å². The number of morpholine rings is 1. The van der Waals surface area contributed by atoms with Crippen LogP contribution in [0.1, 0.15) is 45.0 Å². The number of carbonyl (C=O) groups excluding carboxylic acids is 1. The van der Waals surface area contributed by atoms with Crippen LogP contribution in [0.3, 0.4) is 0 Å². The van der Waals surface area contributed by atoms with Gasteiger partial charge in [0.25, 0.3) is 0 Å². The number of amides is 1. The molecule has 0 unspecified atom stereocenters. The quantitative estimate of drug-likeness (QED) is 0.784. The molecule has 2 saturated heterocycles. The summed E-state index contributed by atoms with van der Waals surface area (Å²) >= 11 is 0. The predicted molar refractivity (Wildman–Crippen MR) is 90.4 cm³/mol. The number of hydrogen-bond acceptors (Lipinski definition) is 5. The molecular weight excluding hydrogens is 306 g/mol. The van der Waals surface area contributed by atoms with Crippen molar-refractivity contribution >= 4 is 5.91 Å². The first kappa shape index (κ1) is 17.4. The van der Waals surface area contributed by atoms with Crippen molar-refractivity contribution in [3.63, 3.8) is 0 Å². The second-order valence-corrected chi connectivity index (χ2v) is 7.17. The second kappa shape index (κ2) is 8.07. The van der Waals surface area contributed by atoms with Crippen LogP contribution in [0.4, 0.5) is 0 Å². The number of nitrogens with zero attached hydrogens (tertiary/aromatic N) is 5. The van der Waals surface area contributed by atoms with E-state index >= 15 is 0 Å². The van der Waals surface area contributed by atoms with Gasteiger partial charge >= 0.3 is 0 Å². The Morgan fingerprint density at radius 3 is 2.88 bits per heavy atom. The minimum absolute atomic E-state index is 0.243. The van der Waals surface area contributed by atoms with Gasteiger partial charge in [0.2, 0.25) is 5.91 Å². The van der Waals surface area contributed by atoms with Crippen molar-refractivity contribution in [2.75, 3.05) is 39.4 Å². The van der Waals surface area contributed by atoms with Crippen molar-refractivity contribution < 1.29 is 9.53 Å². The fraction of sp³-hybridized carbons (Fsp3) is 0.824. The minimum atomic E-state index is 0.243. The monoisotopic (exact) mass is 335 g/mol. The van der Waals surface area contributed by atoms with Gasteiger partial charge in [0.1, 0.15) is 12.2 Å².